The zero-order chi connectivity index (χ0) is 9.26. The molecule has 0 amide bonds. The lowest BCUT2D eigenvalue weighted by molar-refractivity contribution is -0.136. The molecular weight excluding hydrogens is 170 g/mol. The van der Waals surface area contributed by atoms with Crippen molar-refractivity contribution in [3.63, 3.8) is 0 Å². The normalized spacial score (nSPS) is 10.5. The average Bonchev–Trinajstić information content (AvgIpc) is 2.49. The first-order valence-electron chi connectivity index (χ1n) is 3.80. The maximum absolute atomic E-state index is 10.4. The Morgan fingerprint density at radius 1 is 1.54 bits per heavy atom. The molecule has 2 aromatic rings. The molecule has 13 heavy (non-hydrogen) atoms. The van der Waals surface area contributed by atoms with E-state index in [9.17, 15) is 4.79 Å². The van der Waals surface area contributed by atoms with Crippen molar-refractivity contribution in [1.29, 1.82) is 0 Å². The molecule has 1 aromatic heterocycles. The Kier molecular flexibility index (Phi) is 1.73. The van der Waals surface area contributed by atoms with Gasteiger partial charge in [0.2, 0.25) is 0 Å². The fourth-order valence-electron chi connectivity index (χ4n) is 1.19. The molecule has 0 aliphatic rings. The maximum atomic E-state index is 10.4. The minimum absolute atomic E-state index is 0.0167. The van der Waals surface area contributed by atoms with Crippen molar-refractivity contribution >= 4 is 16.9 Å². The summed E-state index contributed by atoms with van der Waals surface area (Å²) < 4.78 is 4.73. The molecule has 0 saturated carbocycles. The molecule has 1 N–H and O–H groups in total. The van der Waals surface area contributed by atoms with E-state index in [4.69, 9.17) is 9.63 Å². The van der Waals surface area contributed by atoms with Crippen LogP contribution in [0.25, 0.3) is 10.9 Å². The van der Waals surface area contributed by atoms with Crippen LogP contribution in [0.3, 0.4) is 0 Å². The van der Waals surface area contributed by atoms with Crippen LogP contribution in [0.4, 0.5) is 0 Å². The molecule has 0 unspecified atom stereocenters. The Hall–Kier alpha value is -1.84. The van der Waals surface area contributed by atoms with Crippen LogP contribution in [0.5, 0.6) is 0 Å². The van der Waals surface area contributed by atoms with Crippen LogP contribution in [0, 0.1) is 0 Å². The van der Waals surface area contributed by atoms with Gasteiger partial charge in [-0.25, -0.2) is 0 Å². The highest BCUT2D eigenvalue weighted by Crippen LogP contribution is 2.14. The Bertz CT molecular complexity index is 447. The van der Waals surface area contributed by atoms with Crippen molar-refractivity contribution in [2.45, 2.75) is 6.42 Å². The van der Waals surface area contributed by atoms with E-state index in [0.717, 1.165) is 10.9 Å². The van der Waals surface area contributed by atoms with Gasteiger partial charge in [0.25, 0.3) is 0 Å². The summed E-state index contributed by atoms with van der Waals surface area (Å²) in [4.78, 5) is 10.4. The van der Waals surface area contributed by atoms with Gasteiger partial charge in [0.05, 0.1) is 6.42 Å². The highest BCUT2D eigenvalue weighted by Gasteiger charge is 2.03. The van der Waals surface area contributed by atoms with E-state index < -0.39 is 5.97 Å². The van der Waals surface area contributed by atoms with E-state index in [1.54, 1.807) is 18.2 Å². The molecule has 0 bridgehead atoms. The minimum Gasteiger partial charge on any atom is -0.481 e. The zero-order valence-corrected chi connectivity index (χ0v) is 6.73. The van der Waals surface area contributed by atoms with Crippen molar-refractivity contribution < 1.29 is 14.4 Å². The maximum Gasteiger partial charge on any atom is 0.307 e. The Balaban J connectivity index is 2.42. The lowest BCUT2D eigenvalue weighted by Gasteiger charge is -1.94. The van der Waals surface area contributed by atoms with Gasteiger partial charge in [0.15, 0.2) is 0 Å². The zero-order valence-electron chi connectivity index (χ0n) is 6.73. The van der Waals surface area contributed by atoms with Gasteiger partial charge < -0.3 is 9.63 Å². The number of aliphatic carboxylic acids is 1. The van der Waals surface area contributed by atoms with Crippen molar-refractivity contribution in [3.8, 4) is 0 Å². The number of benzene rings is 1. The topological polar surface area (TPSA) is 63.3 Å². The molecule has 2 rings (SSSR count). The molecule has 0 atom stereocenters. The fourth-order valence-corrected chi connectivity index (χ4v) is 1.19. The minimum atomic E-state index is -0.845. The lowest BCUT2D eigenvalue weighted by Crippen LogP contribution is -1.99. The quantitative estimate of drug-likeness (QED) is 0.754. The Morgan fingerprint density at radius 2 is 2.38 bits per heavy atom. The number of carboxylic acid groups (broad SMARTS) is 1. The van der Waals surface area contributed by atoms with Crippen LogP contribution in [-0.4, -0.2) is 16.2 Å². The second kappa shape index (κ2) is 2.90. The van der Waals surface area contributed by atoms with Gasteiger partial charge in [-0.1, -0.05) is 11.2 Å². The lowest BCUT2D eigenvalue weighted by atomic mass is 10.1. The van der Waals surface area contributed by atoms with Gasteiger partial charge in [0.1, 0.15) is 11.8 Å². The number of rotatable bonds is 2. The van der Waals surface area contributed by atoms with Crippen molar-refractivity contribution in [1.82, 2.24) is 5.16 Å². The monoisotopic (exact) mass is 177 g/mol. The van der Waals surface area contributed by atoms with Gasteiger partial charge in [-0.3, -0.25) is 4.79 Å². The summed E-state index contributed by atoms with van der Waals surface area (Å²) in [5, 5.41) is 13.1. The van der Waals surface area contributed by atoms with Crippen LogP contribution < -0.4 is 0 Å². The molecule has 0 aliphatic heterocycles. The predicted octanol–water partition coefficient (Wildman–Crippen LogP) is 1.45. The highest BCUT2D eigenvalue weighted by atomic mass is 16.5. The molecule has 0 fully saturated rings. The van der Waals surface area contributed by atoms with Crippen molar-refractivity contribution in [2.24, 2.45) is 0 Å². The first-order chi connectivity index (χ1) is 6.25. The number of nitrogens with zero attached hydrogens (tertiary/aromatic N) is 1. The van der Waals surface area contributed by atoms with E-state index in [2.05, 4.69) is 5.16 Å². The summed E-state index contributed by atoms with van der Waals surface area (Å²) in [6.45, 7) is 0. The molecule has 1 heterocycles. The third kappa shape index (κ3) is 1.51. The summed E-state index contributed by atoms with van der Waals surface area (Å²) in [7, 11) is 0. The summed E-state index contributed by atoms with van der Waals surface area (Å²) in [6, 6.07) is 5.27. The predicted molar refractivity (Wildman–Crippen MR) is 45.3 cm³/mol. The molecule has 4 heteroatoms. The number of aromatic nitrogens is 1. The van der Waals surface area contributed by atoms with Crippen LogP contribution in [0.2, 0.25) is 0 Å². The molecule has 0 radical (unpaired) electrons. The van der Waals surface area contributed by atoms with E-state index in [-0.39, 0.29) is 6.42 Å². The van der Waals surface area contributed by atoms with Crippen LogP contribution in [0.15, 0.2) is 29.0 Å². The molecule has 66 valence electrons. The summed E-state index contributed by atoms with van der Waals surface area (Å²) in [6.07, 6.45) is 1.54. The smallest absolute Gasteiger partial charge is 0.307 e. The number of carboxylic acids is 1. The van der Waals surface area contributed by atoms with E-state index in [1.807, 2.05) is 0 Å². The van der Waals surface area contributed by atoms with Gasteiger partial charge in [-0.2, -0.15) is 0 Å². The molecule has 1 aromatic carbocycles. The van der Waals surface area contributed by atoms with Gasteiger partial charge in [-0.15, -0.1) is 0 Å². The van der Waals surface area contributed by atoms with Gasteiger partial charge >= 0.3 is 5.97 Å². The van der Waals surface area contributed by atoms with E-state index in [0.29, 0.717) is 5.52 Å². The molecule has 0 spiro atoms. The first-order valence-corrected chi connectivity index (χ1v) is 3.80. The van der Waals surface area contributed by atoms with E-state index >= 15 is 0 Å². The molecular formula is C9H7NO3. The second-order valence-corrected chi connectivity index (χ2v) is 2.78. The molecule has 4 nitrogen and oxygen atoms in total. The SMILES string of the molecule is O=C(O)Cc1ccc2conc2c1. The molecule has 0 saturated heterocycles. The summed E-state index contributed by atoms with van der Waals surface area (Å²) in [5.41, 5.74) is 1.42. The largest absolute Gasteiger partial charge is 0.481 e. The number of hydrogen-bond acceptors (Lipinski definition) is 3. The van der Waals surface area contributed by atoms with Gasteiger partial charge in [-0.05, 0) is 17.7 Å². The standard InChI is InChI=1S/C9H7NO3/c11-9(12)4-6-1-2-7-5-13-10-8(7)3-6/h1-3,5H,4H2,(H,11,12). The van der Waals surface area contributed by atoms with Crippen molar-refractivity contribution in [2.75, 3.05) is 0 Å². The van der Waals surface area contributed by atoms with Gasteiger partial charge in [0, 0.05) is 5.39 Å². The Morgan fingerprint density at radius 3 is 3.15 bits per heavy atom. The second-order valence-electron chi connectivity index (χ2n) is 2.78. The first kappa shape index (κ1) is 7.79. The summed E-state index contributed by atoms with van der Waals surface area (Å²) in [5.74, 6) is -0.845. The molecule has 0 aliphatic carbocycles. The van der Waals surface area contributed by atoms with Crippen LogP contribution in [-0.2, 0) is 11.2 Å². The number of fused-ring (bicyclic) bond motifs is 1. The fraction of sp³-hybridized carbons (Fsp3) is 0.111. The Labute approximate surface area is 73.8 Å². The third-order valence-electron chi connectivity index (χ3n) is 1.78. The number of carbonyl (C=O) groups is 1. The highest BCUT2D eigenvalue weighted by molar-refractivity contribution is 5.79. The van der Waals surface area contributed by atoms with E-state index in [1.165, 1.54) is 6.26 Å². The average molecular weight is 177 g/mol. The number of hydrogen-bond donors (Lipinski definition) is 1. The van der Waals surface area contributed by atoms with Crippen LogP contribution >= 0.6 is 0 Å². The summed E-state index contributed by atoms with van der Waals surface area (Å²) >= 11 is 0. The van der Waals surface area contributed by atoms with Crippen LogP contribution in [0.1, 0.15) is 5.56 Å². The third-order valence-corrected chi connectivity index (χ3v) is 1.78. The van der Waals surface area contributed by atoms with Crippen molar-refractivity contribution in [3.05, 3.63) is 30.0 Å².